The van der Waals surface area contributed by atoms with E-state index >= 15 is 0 Å². The molecular formula is C19H14N3S. The molecule has 1 aromatic carbocycles. The van der Waals surface area contributed by atoms with Crippen molar-refractivity contribution in [2.24, 2.45) is 0 Å². The van der Waals surface area contributed by atoms with Crippen molar-refractivity contribution in [3.8, 4) is 21.7 Å². The van der Waals surface area contributed by atoms with Crippen LogP contribution in [-0.2, 0) is 0 Å². The second-order valence-electron chi connectivity index (χ2n) is 5.40. The molecule has 0 saturated heterocycles. The summed E-state index contributed by atoms with van der Waals surface area (Å²) < 4.78 is 0. The maximum absolute atomic E-state index is 4.59. The predicted octanol–water partition coefficient (Wildman–Crippen LogP) is 4.84. The third-order valence-corrected chi connectivity index (χ3v) is 4.90. The molecule has 0 fully saturated rings. The first-order valence-corrected chi connectivity index (χ1v) is 8.22. The van der Waals surface area contributed by atoms with Gasteiger partial charge in [-0.25, -0.2) is 9.97 Å². The molecule has 4 heteroatoms. The molecule has 0 aliphatic heterocycles. The SMILES string of the molecule is Cc1n[c]c2c(-c3ccccc3C)c(-c3ccccn3)sc2n1. The number of hydrogen-bond donors (Lipinski definition) is 0. The summed E-state index contributed by atoms with van der Waals surface area (Å²) in [7, 11) is 0. The standard InChI is InChI=1S/C19H14N3S/c1-12-7-3-4-8-14(12)17-15-11-21-13(2)22-19(15)23-18(17)16-9-5-6-10-20-16/h3-10H,1-2H3. The number of rotatable bonds is 2. The Morgan fingerprint density at radius 3 is 2.61 bits per heavy atom. The largest absolute Gasteiger partial charge is 0.255 e. The summed E-state index contributed by atoms with van der Waals surface area (Å²) in [5.74, 6) is 0.739. The fourth-order valence-electron chi connectivity index (χ4n) is 2.70. The summed E-state index contributed by atoms with van der Waals surface area (Å²) in [5, 5.41) is 0.968. The minimum Gasteiger partial charge on any atom is -0.255 e. The molecule has 0 aliphatic rings. The van der Waals surface area contributed by atoms with E-state index in [1.165, 1.54) is 11.1 Å². The van der Waals surface area contributed by atoms with E-state index in [1.54, 1.807) is 11.3 Å². The Morgan fingerprint density at radius 1 is 1.00 bits per heavy atom. The Hall–Kier alpha value is -2.59. The van der Waals surface area contributed by atoms with Gasteiger partial charge in [0.2, 0.25) is 0 Å². The first-order chi connectivity index (χ1) is 11.2. The van der Waals surface area contributed by atoms with Crippen molar-refractivity contribution >= 4 is 21.6 Å². The van der Waals surface area contributed by atoms with Gasteiger partial charge in [0, 0.05) is 17.1 Å². The van der Waals surface area contributed by atoms with Crippen LogP contribution in [0.5, 0.6) is 0 Å². The molecule has 0 atom stereocenters. The number of nitrogens with zero attached hydrogens (tertiary/aromatic N) is 3. The van der Waals surface area contributed by atoms with Crippen molar-refractivity contribution in [3.63, 3.8) is 0 Å². The highest BCUT2D eigenvalue weighted by atomic mass is 32.1. The quantitative estimate of drug-likeness (QED) is 0.531. The Kier molecular flexibility index (Phi) is 3.39. The number of pyridine rings is 1. The number of aryl methyl sites for hydroxylation is 2. The monoisotopic (exact) mass is 316 g/mol. The minimum absolute atomic E-state index is 0.739. The molecule has 111 valence electrons. The summed E-state index contributed by atoms with van der Waals surface area (Å²) in [6.45, 7) is 4.01. The molecule has 0 aliphatic carbocycles. The van der Waals surface area contributed by atoms with Crippen molar-refractivity contribution < 1.29 is 0 Å². The lowest BCUT2D eigenvalue weighted by Gasteiger charge is -2.07. The van der Waals surface area contributed by atoms with Gasteiger partial charge >= 0.3 is 0 Å². The third kappa shape index (κ3) is 2.41. The highest BCUT2D eigenvalue weighted by Crippen LogP contribution is 2.43. The minimum atomic E-state index is 0.739. The van der Waals surface area contributed by atoms with E-state index in [0.717, 1.165) is 32.2 Å². The Labute approximate surface area is 138 Å². The van der Waals surface area contributed by atoms with Crippen LogP contribution in [0.2, 0.25) is 0 Å². The van der Waals surface area contributed by atoms with Gasteiger partial charge in [-0.3, -0.25) is 4.98 Å². The normalized spacial score (nSPS) is 11.0. The molecule has 0 unspecified atom stereocenters. The fourth-order valence-corrected chi connectivity index (χ4v) is 3.86. The topological polar surface area (TPSA) is 38.7 Å². The average Bonchev–Trinajstić information content (AvgIpc) is 2.94. The van der Waals surface area contributed by atoms with E-state index in [4.69, 9.17) is 0 Å². The van der Waals surface area contributed by atoms with Crippen molar-refractivity contribution in [1.82, 2.24) is 15.0 Å². The maximum Gasteiger partial charge on any atom is 0.128 e. The van der Waals surface area contributed by atoms with Gasteiger partial charge in [-0.15, -0.1) is 11.3 Å². The molecule has 4 rings (SSSR count). The first-order valence-electron chi connectivity index (χ1n) is 7.40. The summed E-state index contributed by atoms with van der Waals surface area (Å²) in [5.41, 5.74) is 4.49. The van der Waals surface area contributed by atoms with Gasteiger partial charge in [0.15, 0.2) is 0 Å². The average molecular weight is 316 g/mol. The van der Waals surface area contributed by atoms with Crippen LogP contribution in [0.4, 0.5) is 0 Å². The summed E-state index contributed by atoms with van der Waals surface area (Å²) in [6.07, 6.45) is 5.00. The van der Waals surface area contributed by atoms with Crippen molar-refractivity contribution in [2.75, 3.05) is 0 Å². The maximum atomic E-state index is 4.59. The Bertz CT molecular complexity index is 990. The van der Waals surface area contributed by atoms with Gasteiger partial charge in [-0.05, 0) is 37.1 Å². The van der Waals surface area contributed by atoms with Gasteiger partial charge in [-0.2, -0.15) is 0 Å². The van der Waals surface area contributed by atoms with Crippen LogP contribution < -0.4 is 0 Å². The van der Waals surface area contributed by atoms with Gasteiger partial charge in [0.05, 0.1) is 10.6 Å². The Morgan fingerprint density at radius 2 is 1.83 bits per heavy atom. The van der Waals surface area contributed by atoms with Crippen molar-refractivity contribution in [1.29, 1.82) is 0 Å². The van der Waals surface area contributed by atoms with Gasteiger partial charge in [0.25, 0.3) is 0 Å². The lowest BCUT2D eigenvalue weighted by atomic mass is 9.98. The molecule has 0 N–H and O–H groups in total. The van der Waals surface area contributed by atoms with Crippen LogP contribution in [0.1, 0.15) is 11.4 Å². The number of thiophene rings is 1. The summed E-state index contributed by atoms with van der Waals surface area (Å²) >= 11 is 1.65. The number of fused-ring (bicyclic) bond motifs is 1. The number of benzene rings is 1. The van der Waals surface area contributed by atoms with E-state index in [-0.39, 0.29) is 0 Å². The zero-order valence-corrected chi connectivity index (χ0v) is 13.7. The van der Waals surface area contributed by atoms with E-state index in [0.29, 0.717) is 0 Å². The molecular weight excluding hydrogens is 302 g/mol. The second kappa shape index (κ2) is 5.56. The van der Waals surface area contributed by atoms with E-state index in [1.807, 2.05) is 31.3 Å². The van der Waals surface area contributed by atoms with E-state index in [2.05, 4.69) is 52.3 Å². The van der Waals surface area contributed by atoms with Gasteiger partial charge in [-0.1, -0.05) is 30.3 Å². The van der Waals surface area contributed by atoms with Crippen molar-refractivity contribution in [3.05, 3.63) is 66.2 Å². The van der Waals surface area contributed by atoms with Crippen LogP contribution in [0.3, 0.4) is 0 Å². The van der Waals surface area contributed by atoms with Crippen LogP contribution in [0, 0.1) is 20.0 Å². The molecule has 3 nitrogen and oxygen atoms in total. The number of aromatic nitrogens is 3. The highest BCUT2D eigenvalue weighted by Gasteiger charge is 2.19. The molecule has 0 saturated carbocycles. The van der Waals surface area contributed by atoms with Crippen LogP contribution in [-0.4, -0.2) is 15.0 Å². The fraction of sp³-hybridized carbons (Fsp3) is 0.105. The number of hydrogen-bond acceptors (Lipinski definition) is 4. The van der Waals surface area contributed by atoms with E-state index in [9.17, 15) is 0 Å². The summed E-state index contributed by atoms with van der Waals surface area (Å²) in [6, 6.07) is 14.3. The first kappa shape index (κ1) is 14.0. The van der Waals surface area contributed by atoms with E-state index < -0.39 is 0 Å². The van der Waals surface area contributed by atoms with Crippen LogP contribution in [0.25, 0.3) is 31.9 Å². The molecule has 3 aromatic heterocycles. The van der Waals surface area contributed by atoms with Crippen LogP contribution in [0.15, 0.2) is 48.7 Å². The van der Waals surface area contributed by atoms with Crippen molar-refractivity contribution in [2.45, 2.75) is 13.8 Å². The molecule has 0 amide bonds. The molecule has 3 heterocycles. The lowest BCUT2D eigenvalue weighted by Crippen LogP contribution is -1.88. The molecule has 23 heavy (non-hydrogen) atoms. The van der Waals surface area contributed by atoms with Gasteiger partial charge < -0.3 is 0 Å². The smallest absolute Gasteiger partial charge is 0.128 e. The lowest BCUT2D eigenvalue weighted by molar-refractivity contribution is 1.09. The Balaban J connectivity index is 2.10. The molecule has 0 spiro atoms. The molecule has 4 aromatic rings. The summed E-state index contributed by atoms with van der Waals surface area (Å²) in [4.78, 5) is 15.5. The molecule has 0 bridgehead atoms. The van der Waals surface area contributed by atoms with Gasteiger partial charge in [0.1, 0.15) is 16.9 Å². The third-order valence-electron chi connectivity index (χ3n) is 3.79. The second-order valence-corrected chi connectivity index (χ2v) is 6.40. The zero-order valence-electron chi connectivity index (χ0n) is 12.9. The van der Waals surface area contributed by atoms with Crippen LogP contribution >= 0.6 is 11.3 Å². The zero-order chi connectivity index (χ0) is 15.8. The molecule has 1 radical (unpaired) electrons. The highest BCUT2D eigenvalue weighted by molar-refractivity contribution is 7.22. The predicted molar refractivity (Wildman–Crippen MR) is 94.4 cm³/mol.